The van der Waals surface area contributed by atoms with Crippen molar-refractivity contribution in [3.05, 3.63) is 65.9 Å². The highest BCUT2D eigenvalue weighted by Gasteiger charge is 2.16. The lowest BCUT2D eigenvalue weighted by Crippen LogP contribution is -2.15. The van der Waals surface area contributed by atoms with Gasteiger partial charge in [-0.25, -0.2) is 0 Å². The van der Waals surface area contributed by atoms with Crippen LogP contribution < -0.4 is 4.74 Å². The minimum atomic E-state index is -0.0232. The Morgan fingerprint density at radius 3 is 2.54 bits per heavy atom. The van der Waals surface area contributed by atoms with Gasteiger partial charge < -0.3 is 9.64 Å². The summed E-state index contributed by atoms with van der Waals surface area (Å²) >= 11 is 0. The van der Waals surface area contributed by atoms with E-state index in [0.717, 1.165) is 29.6 Å². The Bertz CT molecular complexity index is 851. The van der Waals surface area contributed by atoms with Crippen LogP contribution in [0, 0.1) is 0 Å². The van der Waals surface area contributed by atoms with Crippen LogP contribution in [0.2, 0.25) is 0 Å². The van der Waals surface area contributed by atoms with Gasteiger partial charge in [0.1, 0.15) is 5.75 Å². The Balaban J connectivity index is 2.10. The lowest BCUT2D eigenvalue weighted by Gasteiger charge is -2.08. The van der Waals surface area contributed by atoms with Crippen molar-refractivity contribution in [1.82, 2.24) is 9.47 Å². The molecule has 4 heteroatoms. The summed E-state index contributed by atoms with van der Waals surface area (Å²) in [5.74, 6) is 0.729. The summed E-state index contributed by atoms with van der Waals surface area (Å²) in [5, 5.41) is 1.10. The van der Waals surface area contributed by atoms with Crippen LogP contribution >= 0.6 is 0 Å². The average molecular weight is 322 g/mol. The fraction of sp³-hybridized carbons (Fsp3) is 0.250. The molecule has 124 valence electrons. The van der Waals surface area contributed by atoms with Crippen molar-refractivity contribution in [1.29, 1.82) is 0 Å². The van der Waals surface area contributed by atoms with Gasteiger partial charge in [-0.15, -0.1) is 0 Å². The number of nitrogens with zero attached hydrogens (tertiary/aromatic N) is 2. The van der Waals surface area contributed by atoms with Gasteiger partial charge >= 0.3 is 0 Å². The standard InChI is InChI=1S/C20H22N2O2/c1-21(2)12-11-16-14-22(20(23)15-7-5-4-6-8-15)19-13-17(24-3)9-10-18(16)19/h4-10,13-14H,11-12H2,1-3H3. The van der Waals surface area contributed by atoms with Crippen LogP contribution in [0.5, 0.6) is 5.75 Å². The summed E-state index contributed by atoms with van der Waals surface area (Å²) < 4.78 is 7.07. The van der Waals surface area contributed by atoms with Crippen LogP contribution in [0.15, 0.2) is 54.7 Å². The van der Waals surface area contributed by atoms with Gasteiger partial charge in [0.05, 0.1) is 12.6 Å². The minimum Gasteiger partial charge on any atom is -0.497 e. The van der Waals surface area contributed by atoms with Gasteiger partial charge in [-0.3, -0.25) is 9.36 Å². The first-order chi connectivity index (χ1) is 11.6. The van der Waals surface area contributed by atoms with Crippen LogP contribution in [0.25, 0.3) is 10.9 Å². The third kappa shape index (κ3) is 3.19. The monoisotopic (exact) mass is 322 g/mol. The molecular weight excluding hydrogens is 300 g/mol. The van der Waals surface area contributed by atoms with Gasteiger partial charge in [-0.2, -0.15) is 0 Å². The maximum Gasteiger partial charge on any atom is 0.262 e. The van der Waals surface area contributed by atoms with Gasteiger partial charge in [0.2, 0.25) is 0 Å². The van der Waals surface area contributed by atoms with Gasteiger partial charge in [0.15, 0.2) is 0 Å². The van der Waals surface area contributed by atoms with Crippen molar-refractivity contribution in [2.24, 2.45) is 0 Å². The smallest absolute Gasteiger partial charge is 0.262 e. The van der Waals surface area contributed by atoms with E-state index in [0.29, 0.717) is 5.56 Å². The van der Waals surface area contributed by atoms with E-state index in [1.165, 1.54) is 5.56 Å². The molecule has 0 spiro atoms. The molecule has 0 fully saturated rings. The highest BCUT2D eigenvalue weighted by atomic mass is 16.5. The predicted molar refractivity (Wildman–Crippen MR) is 96.9 cm³/mol. The molecule has 0 aliphatic rings. The first kappa shape index (κ1) is 16.3. The molecule has 0 saturated carbocycles. The van der Waals surface area contributed by atoms with E-state index in [4.69, 9.17) is 4.74 Å². The second kappa shape index (κ2) is 6.89. The van der Waals surface area contributed by atoms with Crippen LogP contribution in [0.3, 0.4) is 0 Å². The van der Waals surface area contributed by atoms with E-state index in [2.05, 4.69) is 19.0 Å². The molecular formula is C20H22N2O2. The molecule has 0 aliphatic heterocycles. The van der Waals surface area contributed by atoms with Crippen LogP contribution in [-0.2, 0) is 6.42 Å². The zero-order chi connectivity index (χ0) is 17.1. The molecule has 24 heavy (non-hydrogen) atoms. The third-order valence-electron chi connectivity index (χ3n) is 4.16. The molecule has 0 bridgehead atoms. The topological polar surface area (TPSA) is 34.5 Å². The SMILES string of the molecule is COc1ccc2c(CCN(C)C)cn(C(=O)c3ccccc3)c2c1. The summed E-state index contributed by atoms with van der Waals surface area (Å²) in [7, 11) is 5.75. The Kier molecular flexibility index (Phi) is 4.67. The molecule has 0 N–H and O–H groups in total. The number of fused-ring (bicyclic) bond motifs is 1. The molecule has 3 rings (SSSR count). The number of benzene rings is 2. The number of carbonyl (C=O) groups excluding carboxylic acids is 1. The number of hydrogen-bond acceptors (Lipinski definition) is 3. The lowest BCUT2D eigenvalue weighted by molar-refractivity contribution is 0.0965. The Labute approximate surface area is 142 Å². The maximum absolute atomic E-state index is 12.9. The number of methoxy groups -OCH3 is 1. The number of likely N-dealkylation sites (N-methyl/N-ethyl adjacent to an activating group) is 1. The molecule has 0 radical (unpaired) electrons. The van der Waals surface area contributed by atoms with Gasteiger partial charge in [-0.05, 0) is 50.3 Å². The van der Waals surface area contributed by atoms with Gasteiger partial charge in [0.25, 0.3) is 5.91 Å². The molecule has 2 aromatic carbocycles. The first-order valence-corrected chi connectivity index (χ1v) is 8.02. The molecule has 3 aromatic rings. The average Bonchev–Trinajstić information content (AvgIpc) is 2.97. The lowest BCUT2D eigenvalue weighted by atomic mass is 10.1. The quantitative estimate of drug-likeness (QED) is 0.722. The summed E-state index contributed by atoms with van der Waals surface area (Å²) in [6.07, 6.45) is 2.85. The number of rotatable bonds is 5. The molecule has 0 amide bonds. The molecule has 0 aliphatic carbocycles. The van der Waals surface area contributed by atoms with E-state index < -0.39 is 0 Å². The molecule has 0 atom stereocenters. The van der Waals surface area contributed by atoms with E-state index in [1.54, 1.807) is 11.7 Å². The third-order valence-corrected chi connectivity index (χ3v) is 4.16. The van der Waals surface area contributed by atoms with Crippen LogP contribution in [0.4, 0.5) is 0 Å². The molecule has 0 unspecified atom stereocenters. The number of ether oxygens (including phenoxy) is 1. The van der Waals surface area contributed by atoms with E-state index in [1.807, 2.05) is 54.7 Å². The van der Waals surface area contributed by atoms with Gasteiger partial charge in [0, 0.05) is 29.8 Å². The summed E-state index contributed by atoms with van der Waals surface area (Å²) in [4.78, 5) is 15.1. The maximum atomic E-state index is 12.9. The van der Waals surface area contributed by atoms with Crippen molar-refractivity contribution in [2.75, 3.05) is 27.7 Å². The van der Waals surface area contributed by atoms with Crippen molar-refractivity contribution in [3.8, 4) is 5.75 Å². The Morgan fingerprint density at radius 2 is 1.88 bits per heavy atom. The van der Waals surface area contributed by atoms with E-state index in [9.17, 15) is 4.79 Å². The molecule has 4 nitrogen and oxygen atoms in total. The van der Waals surface area contributed by atoms with Crippen molar-refractivity contribution in [2.45, 2.75) is 6.42 Å². The largest absolute Gasteiger partial charge is 0.497 e. The van der Waals surface area contributed by atoms with Crippen molar-refractivity contribution >= 4 is 16.8 Å². The second-order valence-corrected chi connectivity index (χ2v) is 6.13. The van der Waals surface area contributed by atoms with Crippen LogP contribution in [0.1, 0.15) is 15.9 Å². The predicted octanol–water partition coefficient (Wildman–Crippen LogP) is 3.44. The molecule has 0 saturated heterocycles. The molecule has 1 heterocycles. The fourth-order valence-electron chi connectivity index (χ4n) is 2.84. The normalized spacial score (nSPS) is 11.2. The van der Waals surface area contributed by atoms with Crippen molar-refractivity contribution < 1.29 is 9.53 Å². The van der Waals surface area contributed by atoms with Gasteiger partial charge in [-0.1, -0.05) is 18.2 Å². The van der Waals surface area contributed by atoms with E-state index in [-0.39, 0.29) is 5.91 Å². The summed E-state index contributed by atoms with van der Waals surface area (Å²) in [6, 6.07) is 15.3. The highest BCUT2D eigenvalue weighted by molar-refractivity contribution is 6.03. The van der Waals surface area contributed by atoms with Crippen molar-refractivity contribution in [3.63, 3.8) is 0 Å². The summed E-state index contributed by atoms with van der Waals surface area (Å²) in [6.45, 7) is 0.935. The highest BCUT2D eigenvalue weighted by Crippen LogP contribution is 2.27. The fourth-order valence-corrected chi connectivity index (χ4v) is 2.84. The number of hydrogen-bond donors (Lipinski definition) is 0. The van der Waals surface area contributed by atoms with E-state index >= 15 is 0 Å². The van der Waals surface area contributed by atoms with Crippen LogP contribution in [-0.4, -0.2) is 43.1 Å². The number of aromatic nitrogens is 1. The first-order valence-electron chi connectivity index (χ1n) is 8.02. The zero-order valence-corrected chi connectivity index (χ0v) is 14.3. The summed E-state index contributed by atoms with van der Waals surface area (Å²) in [5.41, 5.74) is 2.74. The minimum absolute atomic E-state index is 0.0232. The zero-order valence-electron chi connectivity index (χ0n) is 14.3. The molecule has 1 aromatic heterocycles. The Morgan fingerprint density at radius 1 is 1.12 bits per heavy atom. The Hall–Kier alpha value is -2.59. The second-order valence-electron chi connectivity index (χ2n) is 6.13. The number of carbonyl (C=O) groups is 1.